The summed E-state index contributed by atoms with van der Waals surface area (Å²) in [7, 11) is 2.15. The number of fused-ring (bicyclic) bond motifs is 2. The molecule has 0 aliphatic carbocycles. The van der Waals surface area contributed by atoms with Crippen LogP contribution in [0.4, 0.5) is 0 Å². The molecule has 1 N–H and O–H groups in total. The maximum atomic E-state index is 9.44. The van der Waals surface area contributed by atoms with Crippen molar-refractivity contribution in [2.24, 2.45) is 7.05 Å². The molecule has 10 aromatic rings. The van der Waals surface area contributed by atoms with Crippen LogP contribution in [0.5, 0.6) is 5.75 Å². The van der Waals surface area contributed by atoms with E-state index in [0.29, 0.717) is 17.6 Å². The molecule has 0 saturated carbocycles. The smallest absolute Gasteiger partial charge is 0.115 e. The fraction of sp³-hybridized carbons (Fsp3) is 0.167. The van der Waals surface area contributed by atoms with Gasteiger partial charge in [-0.1, -0.05) is 154 Å². The van der Waals surface area contributed by atoms with Crippen molar-refractivity contribution in [3.63, 3.8) is 0 Å². The number of benzene rings is 7. The Morgan fingerprint density at radius 1 is 0.359 bits per heavy atom. The number of phenols is 1. The van der Waals surface area contributed by atoms with Gasteiger partial charge in [-0.25, -0.2) is 0 Å². The standard InChI is InChI=1S/C23H21N.C19H19NO.C18H19N/c1-17-15-16-23(24(17)20-11-4-3-5-12-20)18(2)21-14-8-10-19-9-6-7-13-22(19)21;1-14-8-13-19(20(14)17-6-4-3-5-7-17)15(2)16-9-11-18(21)12-10-16;1-13-11-12-18(19(13)3)14(2)16-10-6-8-15-7-4-5-9-17(15)16/h3-16,18H,1-2H3;3-13,15,21H,1-2H3;4-12,14H,1-3H3. The highest BCUT2D eigenvalue weighted by Crippen LogP contribution is 2.34. The molecule has 3 atom stereocenters. The van der Waals surface area contributed by atoms with E-state index in [1.165, 1.54) is 83.8 Å². The Morgan fingerprint density at radius 2 is 0.750 bits per heavy atom. The summed E-state index contributed by atoms with van der Waals surface area (Å²) in [5.41, 5.74) is 14.1. The molecule has 0 spiro atoms. The Hall–Kier alpha value is -7.30. The summed E-state index contributed by atoms with van der Waals surface area (Å²) < 4.78 is 6.94. The van der Waals surface area contributed by atoms with Gasteiger partial charge in [0.25, 0.3) is 0 Å². The van der Waals surface area contributed by atoms with E-state index in [-0.39, 0.29) is 5.92 Å². The van der Waals surface area contributed by atoms with Crippen molar-refractivity contribution >= 4 is 21.5 Å². The molecule has 4 heteroatoms. The summed E-state index contributed by atoms with van der Waals surface area (Å²) in [6.07, 6.45) is 0. The molecule has 7 aromatic carbocycles. The second-order valence-corrected chi connectivity index (χ2v) is 17.0. The lowest BCUT2D eigenvalue weighted by Crippen LogP contribution is -2.07. The first-order chi connectivity index (χ1) is 31.1. The maximum absolute atomic E-state index is 9.44. The van der Waals surface area contributed by atoms with Crippen molar-refractivity contribution < 1.29 is 5.11 Å². The molecule has 10 rings (SSSR count). The Labute approximate surface area is 379 Å². The highest BCUT2D eigenvalue weighted by Gasteiger charge is 2.19. The molecular formula is C60H59N3O. The summed E-state index contributed by atoms with van der Waals surface area (Å²) in [5.74, 6) is 1.30. The van der Waals surface area contributed by atoms with E-state index < -0.39 is 0 Å². The molecule has 0 fully saturated rings. The van der Waals surface area contributed by atoms with Crippen LogP contribution < -0.4 is 0 Å². The molecule has 320 valence electrons. The first kappa shape index (κ1) is 43.4. The van der Waals surface area contributed by atoms with Gasteiger partial charge in [-0.05, 0) is 132 Å². The van der Waals surface area contributed by atoms with E-state index >= 15 is 0 Å². The van der Waals surface area contributed by atoms with Crippen molar-refractivity contribution in [2.45, 2.75) is 59.3 Å². The highest BCUT2D eigenvalue weighted by molar-refractivity contribution is 5.87. The zero-order chi connectivity index (χ0) is 44.7. The van der Waals surface area contributed by atoms with Gasteiger partial charge in [0, 0.05) is 70.3 Å². The molecule has 3 heterocycles. The monoisotopic (exact) mass is 837 g/mol. The SMILES string of the molecule is Cc1ccc(C(C)c2ccc(O)cc2)n1-c1ccccc1.Cc1ccc(C(C)c2cccc3ccccc23)n1-c1ccccc1.Cc1ccc(C(C)c2cccc3ccccc23)n1C. The minimum Gasteiger partial charge on any atom is -0.508 e. The Bertz CT molecular complexity index is 3090. The summed E-state index contributed by atoms with van der Waals surface area (Å²) >= 11 is 0. The molecule has 64 heavy (non-hydrogen) atoms. The number of phenolic OH excluding ortho intramolecular Hbond substituents is 1. The lowest BCUT2D eigenvalue weighted by Gasteiger charge is -2.19. The van der Waals surface area contributed by atoms with Crippen LogP contribution in [0.3, 0.4) is 0 Å². The number of aryl methyl sites for hydroxylation is 3. The minimum atomic E-state index is 0.263. The third kappa shape index (κ3) is 9.09. The number of hydrogen-bond donors (Lipinski definition) is 1. The molecule has 3 aromatic heterocycles. The molecule has 0 aliphatic heterocycles. The van der Waals surface area contributed by atoms with Gasteiger partial charge in [0.1, 0.15) is 5.75 Å². The first-order valence-electron chi connectivity index (χ1n) is 22.4. The van der Waals surface area contributed by atoms with E-state index in [1.807, 2.05) is 18.2 Å². The Kier molecular flexibility index (Phi) is 13.1. The lowest BCUT2D eigenvalue weighted by molar-refractivity contribution is 0.475. The summed E-state index contributed by atoms with van der Waals surface area (Å²) in [6, 6.07) is 72.2. The van der Waals surface area contributed by atoms with Crippen LogP contribution >= 0.6 is 0 Å². The third-order valence-electron chi connectivity index (χ3n) is 13.0. The maximum Gasteiger partial charge on any atom is 0.115 e. The minimum absolute atomic E-state index is 0.263. The van der Waals surface area contributed by atoms with E-state index in [1.54, 1.807) is 12.1 Å². The van der Waals surface area contributed by atoms with Gasteiger partial charge in [0.2, 0.25) is 0 Å². The van der Waals surface area contributed by atoms with Crippen LogP contribution in [0.25, 0.3) is 32.9 Å². The molecule has 3 unspecified atom stereocenters. The van der Waals surface area contributed by atoms with E-state index in [9.17, 15) is 5.11 Å². The average molecular weight is 838 g/mol. The van der Waals surface area contributed by atoms with Gasteiger partial charge in [-0.15, -0.1) is 0 Å². The largest absolute Gasteiger partial charge is 0.508 e. The topological polar surface area (TPSA) is 35.0 Å². The second kappa shape index (κ2) is 19.4. The van der Waals surface area contributed by atoms with Crippen molar-refractivity contribution in [2.75, 3.05) is 0 Å². The van der Waals surface area contributed by atoms with Gasteiger partial charge in [-0.3, -0.25) is 0 Å². The van der Waals surface area contributed by atoms with Gasteiger partial charge in [0.05, 0.1) is 0 Å². The molecule has 0 radical (unpaired) electrons. The molecule has 4 nitrogen and oxygen atoms in total. The second-order valence-electron chi connectivity index (χ2n) is 17.0. The van der Waals surface area contributed by atoms with Crippen LogP contribution in [0, 0.1) is 20.8 Å². The number of rotatable bonds is 8. The number of hydrogen-bond acceptors (Lipinski definition) is 1. The molecule has 0 aliphatic rings. The van der Waals surface area contributed by atoms with Crippen LogP contribution in [-0.2, 0) is 7.05 Å². The number of nitrogens with zero attached hydrogens (tertiary/aromatic N) is 3. The van der Waals surface area contributed by atoms with E-state index in [2.05, 4.69) is 238 Å². The molecule has 0 saturated heterocycles. The van der Waals surface area contributed by atoms with Gasteiger partial charge in [0.15, 0.2) is 0 Å². The van der Waals surface area contributed by atoms with Crippen molar-refractivity contribution in [1.29, 1.82) is 0 Å². The number of aromatic nitrogens is 3. The normalized spacial score (nSPS) is 12.5. The Balaban J connectivity index is 0.000000132. The van der Waals surface area contributed by atoms with Crippen molar-refractivity contribution in [3.8, 4) is 17.1 Å². The number of para-hydroxylation sites is 2. The van der Waals surface area contributed by atoms with Gasteiger partial charge < -0.3 is 18.8 Å². The summed E-state index contributed by atoms with van der Waals surface area (Å²) in [6.45, 7) is 13.2. The molecule has 0 bridgehead atoms. The van der Waals surface area contributed by atoms with Crippen molar-refractivity contribution in [3.05, 3.63) is 257 Å². The number of aromatic hydroxyl groups is 1. The zero-order valence-corrected chi connectivity index (χ0v) is 38.2. The predicted molar refractivity (Wildman–Crippen MR) is 270 cm³/mol. The fourth-order valence-corrected chi connectivity index (χ4v) is 9.23. The van der Waals surface area contributed by atoms with Gasteiger partial charge in [-0.2, -0.15) is 0 Å². The quantitative estimate of drug-likeness (QED) is 0.163. The summed E-state index contributed by atoms with van der Waals surface area (Å²) in [4.78, 5) is 0. The average Bonchev–Trinajstić information content (AvgIpc) is 4.03. The lowest BCUT2D eigenvalue weighted by atomic mass is 9.92. The van der Waals surface area contributed by atoms with E-state index in [4.69, 9.17) is 0 Å². The zero-order valence-electron chi connectivity index (χ0n) is 38.2. The van der Waals surface area contributed by atoms with Crippen LogP contribution in [0.15, 0.2) is 206 Å². The Morgan fingerprint density at radius 3 is 1.22 bits per heavy atom. The molecule has 0 amide bonds. The predicted octanol–water partition coefficient (Wildman–Crippen LogP) is 15.4. The fourth-order valence-electron chi connectivity index (χ4n) is 9.23. The van der Waals surface area contributed by atoms with Crippen molar-refractivity contribution in [1.82, 2.24) is 13.7 Å². The van der Waals surface area contributed by atoms with Gasteiger partial charge >= 0.3 is 0 Å². The summed E-state index contributed by atoms with van der Waals surface area (Å²) in [5, 5.41) is 14.8. The van der Waals surface area contributed by atoms with E-state index in [0.717, 1.165) is 0 Å². The van der Waals surface area contributed by atoms with Crippen LogP contribution in [-0.4, -0.2) is 18.8 Å². The van der Waals surface area contributed by atoms with Crippen LogP contribution in [0.2, 0.25) is 0 Å². The van der Waals surface area contributed by atoms with Crippen LogP contribution in [0.1, 0.15) is 89.4 Å². The highest BCUT2D eigenvalue weighted by atomic mass is 16.3. The first-order valence-corrected chi connectivity index (χ1v) is 22.4. The third-order valence-corrected chi connectivity index (χ3v) is 13.0. The molecular weight excluding hydrogens is 779 g/mol.